The summed E-state index contributed by atoms with van der Waals surface area (Å²) in [5.74, 6) is 0.855. The van der Waals surface area contributed by atoms with E-state index >= 15 is 0 Å². The SMILES string of the molecule is Cc1ccnc(NC2CN(C(=O)OC(C)(C)C)C2)c1. The molecule has 0 spiro atoms. The summed E-state index contributed by atoms with van der Waals surface area (Å²) in [6.45, 7) is 8.96. The molecular formula is C14H21N3O2. The van der Waals surface area contributed by atoms with Gasteiger partial charge >= 0.3 is 6.09 Å². The molecule has 1 aliphatic rings. The van der Waals surface area contributed by atoms with Crippen LogP contribution in [0.25, 0.3) is 0 Å². The highest BCUT2D eigenvalue weighted by Gasteiger charge is 2.33. The number of anilines is 1. The number of hydrogen-bond acceptors (Lipinski definition) is 4. The summed E-state index contributed by atoms with van der Waals surface area (Å²) in [4.78, 5) is 17.7. The van der Waals surface area contributed by atoms with Crippen molar-refractivity contribution in [1.29, 1.82) is 0 Å². The number of hydrogen-bond donors (Lipinski definition) is 1. The van der Waals surface area contributed by atoms with Gasteiger partial charge < -0.3 is 15.0 Å². The van der Waals surface area contributed by atoms with Crippen LogP contribution in [0.15, 0.2) is 18.3 Å². The lowest BCUT2D eigenvalue weighted by Crippen LogP contribution is -2.58. The van der Waals surface area contributed by atoms with Crippen LogP contribution in [-0.4, -0.2) is 40.7 Å². The Bertz CT molecular complexity index is 462. The molecule has 0 unspecified atom stereocenters. The van der Waals surface area contributed by atoms with Crippen LogP contribution >= 0.6 is 0 Å². The molecule has 1 amide bonds. The van der Waals surface area contributed by atoms with Gasteiger partial charge in [-0.3, -0.25) is 0 Å². The number of nitrogens with zero attached hydrogens (tertiary/aromatic N) is 2. The first-order valence-electron chi connectivity index (χ1n) is 6.50. The summed E-state index contributed by atoms with van der Waals surface area (Å²) in [5.41, 5.74) is 0.731. The Kier molecular flexibility index (Phi) is 3.64. The maximum atomic E-state index is 11.8. The summed E-state index contributed by atoms with van der Waals surface area (Å²) in [7, 11) is 0. The molecule has 19 heavy (non-hydrogen) atoms. The molecular weight excluding hydrogens is 242 g/mol. The van der Waals surface area contributed by atoms with E-state index in [1.807, 2.05) is 39.8 Å². The fourth-order valence-corrected chi connectivity index (χ4v) is 1.87. The largest absolute Gasteiger partial charge is 0.444 e. The summed E-state index contributed by atoms with van der Waals surface area (Å²) in [6.07, 6.45) is 1.53. The van der Waals surface area contributed by atoms with Gasteiger partial charge in [-0.25, -0.2) is 9.78 Å². The van der Waals surface area contributed by atoms with Gasteiger partial charge in [0, 0.05) is 19.3 Å². The molecule has 5 heteroatoms. The Balaban J connectivity index is 1.79. The Morgan fingerprint density at radius 2 is 2.16 bits per heavy atom. The molecule has 1 fully saturated rings. The van der Waals surface area contributed by atoms with Crippen LogP contribution in [0.4, 0.5) is 10.6 Å². The number of carbonyl (C=O) groups is 1. The van der Waals surface area contributed by atoms with Crippen LogP contribution in [0.3, 0.4) is 0 Å². The van der Waals surface area contributed by atoms with Crippen LogP contribution < -0.4 is 5.32 Å². The lowest BCUT2D eigenvalue weighted by Gasteiger charge is -2.40. The molecule has 0 aliphatic carbocycles. The van der Waals surface area contributed by atoms with Crippen molar-refractivity contribution in [2.24, 2.45) is 0 Å². The highest BCUT2D eigenvalue weighted by molar-refractivity contribution is 5.69. The second-order valence-corrected chi connectivity index (χ2v) is 5.95. The number of carbonyl (C=O) groups excluding carboxylic acids is 1. The minimum absolute atomic E-state index is 0.247. The van der Waals surface area contributed by atoms with Gasteiger partial charge in [0.25, 0.3) is 0 Å². The maximum absolute atomic E-state index is 11.8. The van der Waals surface area contributed by atoms with Crippen molar-refractivity contribution in [3.05, 3.63) is 23.9 Å². The molecule has 0 radical (unpaired) electrons. The minimum atomic E-state index is -0.437. The van der Waals surface area contributed by atoms with Gasteiger partial charge in [0.05, 0.1) is 6.04 Å². The molecule has 0 bridgehead atoms. The first kappa shape index (κ1) is 13.6. The Hall–Kier alpha value is -1.78. The van der Waals surface area contributed by atoms with Crippen LogP contribution in [-0.2, 0) is 4.74 Å². The van der Waals surface area contributed by atoms with E-state index in [9.17, 15) is 4.79 Å². The van der Waals surface area contributed by atoms with Gasteiger partial charge in [0.15, 0.2) is 0 Å². The zero-order chi connectivity index (χ0) is 14.0. The van der Waals surface area contributed by atoms with E-state index < -0.39 is 5.60 Å². The third-order valence-electron chi connectivity index (χ3n) is 2.80. The fourth-order valence-electron chi connectivity index (χ4n) is 1.87. The molecule has 2 heterocycles. The first-order valence-corrected chi connectivity index (χ1v) is 6.50. The van der Waals surface area contributed by atoms with Crippen LogP contribution in [0.2, 0.25) is 0 Å². The second-order valence-electron chi connectivity index (χ2n) is 5.95. The van der Waals surface area contributed by atoms with E-state index in [1.165, 1.54) is 5.56 Å². The third-order valence-corrected chi connectivity index (χ3v) is 2.80. The lowest BCUT2D eigenvalue weighted by atomic mass is 10.1. The summed E-state index contributed by atoms with van der Waals surface area (Å²) < 4.78 is 5.30. The van der Waals surface area contributed by atoms with E-state index in [-0.39, 0.29) is 12.1 Å². The average molecular weight is 263 g/mol. The fraction of sp³-hybridized carbons (Fsp3) is 0.571. The molecule has 2 rings (SSSR count). The van der Waals surface area contributed by atoms with Crippen LogP contribution in [0.1, 0.15) is 26.3 Å². The van der Waals surface area contributed by atoms with Crippen molar-refractivity contribution in [2.75, 3.05) is 18.4 Å². The Labute approximate surface area is 114 Å². The van der Waals surface area contributed by atoms with Crippen LogP contribution in [0.5, 0.6) is 0 Å². The molecule has 1 aromatic rings. The normalized spacial score (nSPS) is 15.9. The molecule has 5 nitrogen and oxygen atoms in total. The van der Waals surface area contributed by atoms with Crippen molar-refractivity contribution >= 4 is 11.9 Å². The number of rotatable bonds is 2. The standard InChI is InChI=1S/C14H21N3O2/c1-10-5-6-15-12(7-10)16-11-8-17(9-11)13(18)19-14(2,3)4/h5-7,11H,8-9H2,1-4H3,(H,15,16). The van der Waals surface area contributed by atoms with Crippen molar-refractivity contribution in [1.82, 2.24) is 9.88 Å². The molecule has 0 atom stereocenters. The summed E-state index contributed by atoms with van der Waals surface area (Å²) in [6, 6.07) is 4.21. The smallest absolute Gasteiger partial charge is 0.410 e. The maximum Gasteiger partial charge on any atom is 0.410 e. The molecule has 1 N–H and O–H groups in total. The third kappa shape index (κ3) is 3.84. The first-order chi connectivity index (χ1) is 8.83. The van der Waals surface area contributed by atoms with Gasteiger partial charge in [-0.15, -0.1) is 0 Å². The Morgan fingerprint density at radius 1 is 1.47 bits per heavy atom. The summed E-state index contributed by atoms with van der Waals surface area (Å²) >= 11 is 0. The quantitative estimate of drug-likeness (QED) is 0.890. The number of nitrogens with one attached hydrogen (secondary N) is 1. The molecule has 104 valence electrons. The van der Waals surface area contributed by atoms with Crippen molar-refractivity contribution < 1.29 is 9.53 Å². The number of aromatic nitrogens is 1. The van der Waals surface area contributed by atoms with Gasteiger partial charge in [-0.2, -0.15) is 0 Å². The van der Waals surface area contributed by atoms with E-state index in [4.69, 9.17) is 4.74 Å². The number of likely N-dealkylation sites (tertiary alicyclic amines) is 1. The van der Waals surface area contributed by atoms with Crippen molar-refractivity contribution in [2.45, 2.75) is 39.3 Å². The van der Waals surface area contributed by atoms with Crippen molar-refractivity contribution in [3.63, 3.8) is 0 Å². The van der Waals surface area contributed by atoms with Gasteiger partial charge in [0.2, 0.25) is 0 Å². The second kappa shape index (κ2) is 5.07. The number of pyridine rings is 1. The molecule has 0 saturated carbocycles. The van der Waals surface area contributed by atoms with Crippen LogP contribution in [0, 0.1) is 6.92 Å². The lowest BCUT2D eigenvalue weighted by molar-refractivity contribution is 0.0104. The highest BCUT2D eigenvalue weighted by Crippen LogP contribution is 2.18. The van der Waals surface area contributed by atoms with E-state index in [0.717, 1.165) is 5.82 Å². The highest BCUT2D eigenvalue weighted by atomic mass is 16.6. The number of aryl methyl sites for hydroxylation is 1. The van der Waals surface area contributed by atoms with Gasteiger partial charge in [0.1, 0.15) is 11.4 Å². The van der Waals surface area contributed by atoms with E-state index in [1.54, 1.807) is 11.1 Å². The predicted molar refractivity (Wildman–Crippen MR) is 74.2 cm³/mol. The Morgan fingerprint density at radius 3 is 2.74 bits per heavy atom. The topological polar surface area (TPSA) is 54.5 Å². The molecule has 1 aliphatic heterocycles. The molecule has 0 aromatic carbocycles. The van der Waals surface area contributed by atoms with Crippen molar-refractivity contribution in [3.8, 4) is 0 Å². The monoisotopic (exact) mass is 263 g/mol. The predicted octanol–water partition coefficient (Wildman–Crippen LogP) is 2.42. The number of amides is 1. The zero-order valence-electron chi connectivity index (χ0n) is 11.9. The molecule has 1 saturated heterocycles. The van der Waals surface area contributed by atoms with Gasteiger partial charge in [-0.1, -0.05) is 0 Å². The van der Waals surface area contributed by atoms with E-state index in [2.05, 4.69) is 10.3 Å². The zero-order valence-corrected chi connectivity index (χ0v) is 11.9. The molecule has 1 aromatic heterocycles. The van der Waals surface area contributed by atoms with Gasteiger partial charge in [-0.05, 0) is 45.4 Å². The summed E-state index contributed by atoms with van der Waals surface area (Å²) in [5, 5.41) is 3.31. The average Bonchev–Trinajstić information content (AvgIpc) is 2.20. The minimum Gasteiger partial charge on any atom is -0.444 e. The number of ether oxygens (including phenoxy) is 1. The van der Waals surface area contributed by atoms with E-state index in [0.29, 0.717) is 13.1 Å².